The van der Waals surface area contributed by atoms with E-state index in [4.69, 9.17) is 9.84 Å². The van der Waals surface area contributed by atoms with Crippen LogP contribution in [0.1, 0.15) is 5.56 Å². The maximum atomic E-state index is 12.9. The molecule has 1 aromatic rings. The Hall–Kier alpha value is -2.46. The number of carboxylic acid groups (broad SMARTS) is 1. The molecule has 2 rings (SSSR count). The van der Waals surface area contributed by atoms with Crippen LogP contribution in [0.2, 0.25) is 0 Å². The first-order valence-corrected chi connectivity index (χ1v) is 7.27. The fraction of sp³-hybridized carbons (Fsp3) is 0.467. The van der Waals surface area contributed by atoms with E-state index < -0.39 is 61.3 Å². The molecule has 1 N–H and O–H groups in total. The number of carbonyl (C=O) groups excluding carboxylic acids is 1. The lowest BCUT2D eigenvalue weighted by Gasteiger charge is -2.18. The Morgan fingerprint density at radius 2 is 1.81 bits per heavy atom. The van der Waals surface area contributed by atoms with Crippen LogP contribution in [0, 0.1) is 11.8 Å². The zero-order chi connectivity index (χ0) is 19.7. The molecule has 0 spiro atoms. The predicted octanol–water partition coefficient (Wildman–Crippen LogP) is 2.81. The number of hydrogen-bond donors (Lipinski definition) is 1. The van der Waals surface area contributed by atoms with Crippen molar-refractivity contribution in [1.82, 2.24) is 4.90 Å². The van der Waals surface area contributed by atoms with Gasteiger partial charge >= 0.3 is 18.3 Å². The third kappa shape index (κ3) is 4.58. The molecule has 0 saturated carbocycles. The van der Waals surface area contributed by atoms with Crippen LogP contribution in [0.5, 0.6) is 5.75 Å². The van der Waals surface area contributed by atoms with Crippen LogP contribution in [0.3, 0.4) is 0 Å². The number of carboxylic acids is 1. The number of rotatable bonds is 4. The van der Waals surface area contributed by atoms with E-state index in [0.717, 1.165) is 18.2 Å². The lowest BCUT2D eigenvalue weighted by atomic mass is 9.96. The van der Waals surface area contributed by atoms with Crippen LogP contribution < -0.4 is 4.74 Å². The number of ether oxygens (including phenoxy) is 1. The highest BCUT2D eigenvalue weighted by molar-refractivity contribution is 5.80. The van der Waals surface area contributed by atoms with Gasteiger partial charge in [-0.1, -0.05) is 6.07 Å². The van der Waals surface area contributed by atoms with Crippen molar-refractivity contribution in [3.63, 3.8) is 0 Å². The van der Waals surface area contributed by atoms with Crippen molar-refractivity contribution >= 4 is 11.9 Å². The van der Waals surface area contributed by atoms with Gasteiger partial charge in [-0.15, -0.1) is 0 Å². The third-order valence-corrected chi connectivity index (χ3v) is 3.93. The van der Waals surface area contributed by atoms with Crippen LogP contribution in [-0.4, -0.2) is 47.8 Å². The number of amides is 1. The molecule has 11 heteroatoms. The minimum absolute atomic E-state index is 0.283. The molecule has 2 atom stereocenters. The molecule has 0 radical (unpaired) electrons. The molecule has 1 amide bonds. The summed E-state index contributed by atoms with van der Waals surface area (Å²) in [5.41, 5.74) is -1.01. The van der Waals surface area contributed by atoms with Crippen LogP contribution in [0.4, 0.5) is 26.3 Å². The second-order valence-corrected chi connectivity index (χ2v) is 5.71. The average Bonchev–Trinajstić information content (AvgIpc) is 2.98. The zero-order valence-electron chi connectivity index (χ0n) is 13.0. The molecule has 1 aromatic carbocycles. The first kappa shape index (κ1) is 19.9. The molecule has 1 saturated heterocycles. The van der Waals surface area contributed by atoms with Gasteiger partial charge < -0.3 is 14.7 Å². The summed E-state index contributed by atoms with van der Waals surface area (Å²) in [6.45, 7) is -2.30. The molecular formula is C15H13F6NO4. The minimum atomic E-state index is -4.79. The second kappa shape index (κ2) is 7.04. The highest BCUT2D eigenvalue weighted by atomic mass is 19.4. The smallest absolute Gasteiger partial charge is 0.416 e. The predicted molar refractivity (Wildman–Crippen MR) is 74.2 cm³/mol. The van der Waals surface area contributed by atoms with Crippen molar-refractivity contribution in [2.75, 3.05) is 19.7 Å². The molecule has 1 aliphatic rings. The summed E-state index contributed by atoms with van der Waals surface area (Å²) in [6.07, 6.45) is -9.41. The van der Waals surface area contributed by atoms with E-state index in [2.05, 4.69) is 0 Å². The zero-order valence-corrected chi connectivity index (χ0v) is 13.0. The van der Waals surface area contributed by atoms with E-state index in [9.17, 15) is 35.9 Å². The van der Waals surface area contributed by atoms with Crippen LogP contribution >= 0.6 is 0 Å². The van der Waals surface area contributed by atoms with Crippen LogP contribution in [0.15, 0.2) is 24.3 Å². The standard InChI is InChI=1S/C15H13F6NO4/c16-14(17,18)8-2-1-3-9(4-8)26-7-12(23)22-5-10(13(24)25)11(6-22)15(19,20)21/h1-4,10-11H,5-7H2,(H,24,25)/t10-,11-/m1/s1. The Labute approximate surface area is 143 Å². The van der Waals surface area contributed by atoms with Gasteiger partial charge in [-0.3, -0.25) is 9.59 Å². The molecule has 5 nitrogen and oxygen atoms in total. The fourth-order valence-electron chi connectivity index (χ4n) is 2.59. The van der Waals surface area contributed by atoms with Gasteiger partial charge in [0.25, 0.3) is 5.91 Å². The molecule has 1 fully saturated rings. The Morgan fingerprint density at radius 3 is 2.31 bits per heavy atom. The summed E-state index contributed by atoms with van der Waals surface area (Å²) in [5, 5.41) is 8.89. The molecule has 1 aliphatic heterocycles. The molecule has 1 heterocycles. The number of likely N-dealkylation sites (tertiary alicyclic amines) is 1. The van der Waals surface area contributed by atoms with Gasteiger partial charge in [0.1, 0.15) is 5.75 Å². The third-order valence-electron chi connectivity index (χ3n) is 3.93. The van der Waals surface area contributed by atoms with Crippen molar-refractivity contribution in [3.8, 4) is 5.75 Å². The molecule has 0 bridgehead atoms. The van der Waals surface area contributed by atoms with Crippen molar-refractivity contribution in [2.24, 2.45) is 11.8 Å². The van der Waals surface area contributed by atoms with Gasteiger partial charge in [0.05, 0.1) is 17.4 Å². The molecular weight excluding hydrogens is 372 g/mol. The number of nitrogens with zero attached hydrogens (tertiary/aromatic N) is 1. The monoisotopic (exact) mass is 385 g/mol. The largest absolute Gasteiger partial charge is 0.484 e. The summed E-state index contributed by atoms with van der Waals surface area (Å²) in [4.78, 5) is 23.6. The Morgan fingerprint density at radius 1 is 1.15 bits per heavy atom. The molecule has 26 heavy (non-hydrogen) atoms. The molecule has 144 valence electrons. The van der Waals surface area contributed by atoms with E-state index in [0.29, 0.717) is 11.0 Å². The molecule has 0 aliphatic carbocycles. The van der Waals surface area contributed by atoms with Gasteiger partial charge in [0.15, 0.2) is 6.61 Å². The quantitative estimate of drug-likeness (QED) is 0.810. The van der Waals surface area contributed by atoms with Crippen molar-refractivity contribution in [2.45, 2.75) is 12.4 Å². The van der Waals surface area contributed by atoms with E-state index in [1.54, 1.807) is 0 Å². The first-order valence-electron chi connectivity index (χ1n) is 7.27. The first-order chi connectivity index (χ1) is 11.9. The van der Waals surface area contributed by atoms with E-state index >= 15 is 0 Å². The van der Waals surface area contributed by atoms with Gasteiger partial charge in [-0.2, -0.15) is 26.3 Å². The normalized spacial score (nSPS) is 20.9. The van der Waals surface area contributed by atoms with Gasteiger partial charge in [-0.25, -0.2) is 0 Å². The van der Waals surface area contributed by atoms with Gasteiger partial charge in [-0.05, 0) is 18.2 Å². The van der Waals surface area contributed by atoms with Crippen LogP contribution in [0.25, 0.3) is 0 Å². The highest BCUT2D eigenvalue weighted by Gasteiger charge is 2.53. The van der Waals surface area contributed by atoms with Crippen molar-refractivity contribution < 1.29 is 45.8 Å². The molecule has 0 unspecified atom stereocenters. The van der Waals surface area contributed by atoms with E-state index in [1.165, 1.54) is 0 Å². The van der Waals surface area contributed by atoms with Crippen molar-refractivity contribution in [1.29, 1.82) is 0 Å². The number of alkyl halides is 6. The minimum Gasteiger partial charge on any atom is -0.484 e. The topological polar surface area (TPSA) is 66.8 Å². The summed E-state index contributed by atoms with van der Waals surface area (Å²) < 4.78 is 81.3. The number of halogens is 6. The van der Waals surface area contributed by atoms with E-state index in [-0.39, 0.29) is 5.75 Å². The van der Waals surface area contributed by atoms with Gasteiger partial charge in [0, 0.05) is 13.1 Å². The van der Waals surface area contributed by atoms with Gasteiger partial charge in [0.2, 0.25) is 0 Å². The number of benzene rings is 1. The summed E-state index contributed by atoms with van der Waals surface area (Å²) in [6, 6.07) is 3.65. The average molecular weight is 385 g/mol. The maximum absolute atomic E-state index is 12.9. The lowest BCUT2D eigenvalue weighted by Crippen LogP contribution is -2.35. The number of carbonyl (C=O) groups is 2. The summed E-state index contributed by atoms with van der Waals surface area (Å²) >= 11 is 0. The Bertz CT molecular complexity index is 687. The highest BCUT2D eigenvalue weighted by Crippen LogP contribution is 2.38. The fourth-order valence-corrected chi connectivity index (χ4v) is 2.59. The molecule has 0 aromatic heterocycles. The number of aliphatic carboxylic acids is 1. The van der Waals surface area contributed by atoms with Crippen molar-refractivity contribution in [3.05, 3.63) is 29.8 Å². The number of hydrogen-bond acceptors (Lipinski definition) is 3. The summed E-state index contributed by atoms with van der Waals surface area (Å²) in [5.74, 6) is -6.92. The Kier molecular flexibility index (Phi) is 5.38. The maximum Gasteiger partial charge on any atom is 0.416 e. The van der Waals surface area contributed by atoms with Crippen LogP contribution in [-0.2, 0) is 15.8 Å². The Balaban J connectivity index is 2.02. The SMILES string of the molecule is O=C(O)[C@@H]1CN(C(=O)COc2cccc(C(F)(F)F)c2)C[C@H]1C(F)(F)F. The second-order valence-electron chi connectivity index (χ2n) is 5.71. The lowest BCUT2D eigenvalue weighted by molar-refractivity contribution is -0.188. The summed E-state index contributed by atoms with van der Waals surface area (Å²) in [7, 11) is 0. The van der Waals surface area contributed by atoms with E-state index in [1.807, 2.05) is 0 Å².